The monoisotopic (exact) mass is 327 g/mol. The molecule has 6 heteroatoms. The first-order valence-corrected chi connectivity index (χ1v) is 7.20. The molecule has 0 atom stereocenters. The van der Waals surface area contributed by atoms with Crippen LogP contribution >= 0.6 is 0 Å². The van der Waals surface area contributed by atoms with Gasteiger partial charge in [-0.25, -0.2) is 4.39 Å². The number of hydrogen-bond acceptors (Lipinski definition) is 4. The van der Waals surface area contributed by atoms with Gasteiger partial charge in [0.05, 0.1) is 19.2 Å². The summed E-state index contributed by atoms with van der Waals surface area (Å²) in [6.07, 6.45) is 0. The highest BCUT2D eigenvalue weighted by molar-refractivity contribution is 6.35. The Bertz CT molecular complexity index is 842. The lowest BCUT2D eigenvalue weighted by Gasteiger charge is -2.15. The van der Waals surface area contributed by atoms with Gasteiger partial charge in [-0.1, -0.05) is 30.3 Å². The number of para-hydroxylation sites is 1. The van der Waals surface area contributed by atoms with Crippen molar-refractivity contribution in [1.82, 2.24) is 4.90 Å². The Balaban J connectivity index is 1.94. The molecule has 3 rings (SSSR count). The third kappa shape index (κ3) is 2.62. The number of hydrogen-bond donors (Lipinski definition) is 1. The van der Waals surface area contributed by atoms with Crippen molar-refractivity contribution in [3.63, 3.8) is 0 Å². The smallest absolute Gasteiger partial charge is 0.296 e. The fraction of sp³-hybridized carbons (Fsp3) is 0.111. The molecule has 1 aliphatic rings. The first kappa shape index (κ1) is 15.7. The largest absolute Gasteiger partial charge is 0.502 e. The number of benzene rings is 2. The lowest BCUT2D eigenvalue weighted by Crippen LogP contribution is -2.31. The number of halogens is 1. The molecule has 0 saturated heterocycles. The Labute approximate surface area is 137 Å². The first-order valence-electron chi connectivity index (χ1n) is 7.20. The van der Waals surface area contributed by atoms with E-state index in [4.69, 9.17) is 4.74 Å². The van der Waals surface area contributed by atoms with Crippen LogP contribution in [0.1, 0.15) is 11.1 Å². The van der Waals surface area contributed by atoms with Crippen LogP contribution in [0.15, 0.2) is 54.3 Å². The van der Waals surface area contributed by atoms with E-state index >= 15 is 0 Å². The van der Waals surface area contributed by atoms with Crippen molar-refractivity contribution in [3.8, 4) is 5.75 Å². The van der Waals surface area contributed by atoms with Gasteiger partial charge in [-0.3, -0.25) is 14.5 Å². The molecule has 1 N–H and O–H groups in total. The van der Waals surface area contributed by atoms with Gasteiger partial charge in [-0.2, -0.15) is 0 Å². The van der Waals surface area contributed by atoms with Crippen LogP contribution in [0.25, 0.3) is 5.57 Å². The van der Waals surface area contributed by atoms with Gasteiger partial charge in [0.25, 0.3) is 11.8 Å². The van der Waals surface area contributed by atoms with Crippen LogP contribution in [0.4, 0.5) is 4.39 Å². The second kappa shape index (κ2) is 6.16. The zero-order chi connectivity index (χ0) is 17.3. The number of amides is 2. The van der Waals surface area contributed by atoms with Gasteiger partial charge in [0, 0.05) is 5.56 Å². The molecule has 2 amide bonds. The molecule has 1 heterocycles. The first-order chi connectivity index (χ1) is 11.5. The Morgan fingerprint density at radius 1 is 1.04 bits per heavy atom. The fourth-order valence-electron chi connectivity index (χ4n) is 2.57. The Hall–Kier alpha value is -3.15. The summed E-state index contributed by atoms with van der Waals surface area (Å²) in [6.45, 7) is -0.0549. The minimum atomic E-state index is -0.787. The van der Waals surface area contributed by atoms with E-state index in [1.165, 1.54) is 31.4 Å². The molecule has 0 unspecified atom stereocenters. The van der Waals surface area contributed by atoms with E-state index in [0.29, 0.717) is 16.9 Å². The molecule has 24 heavy (non-hydrogen) atoms. The van der Waals surface area contributed by atoms with Crippen molar-refractivity contribution in [2.75, 3.05) is 7.11 Å². The van der Waals surface area contributed by atoms with Gasteiger partial charge in [-0.15, -0.1) is 0 Å². The summed E-state index contributed by atoms with van der Waals surface area (Å²) in [6, 6.07) is 12.1. The highest BCUT2D eigenvalue weighted by atomic mass is 19.1. The average Bonchev–Trinajstić information content (AvgIpc) is 2.80. The minimum Gasteiger partial charge on any atom is -0.502 e. The second-order valence-corrected chi connectivity index (χ2v) is 5.25. The Kier molecular flexibility index (Phi) is 4.04. The number of aliphatic hydroxyl groups is 1. The Morgan fingerprint density at radius 3 is 2.38 bits per heavy atom. The van der Waals surface area contributed by atoms with Crippen LogP contribution in [-0.2, 0) is 16.1 Å². The van der Waals surface area contributed by atoms with E-state index in [2.05, 4.69) is 0 Å². The van der Waals surface area contributed by atoms with Crippen molar-refractivity contribution < 1.29 is 23.8 Å². The third-order valence-corrected chi connectivity index (χ3v) is 3.77. The quantitative estimate of drug-likeness (QED) is 0.877. The van der Waals surface area contributed by atoms with Crippen molar-refractivity contribution in [2.24, 2.45) is 0 Å². The molecule has 5 nitrogen and oxygen atoms in total. The molecular weight excluding hydrogens is 313 g/mol. The number of methoxy groups -OCH3 is 1. The zero-order valence-corrected chi connectivity index (χ0v) is 12.8. The van der Waals surface area contributed by atoms with E-state index in [-0.39, 0.29) is 12.1 Å². The number of aliphatic hydroxyl groups excluding tert-OH is 1. The normalized spacial score (nSPS) is 14.5. The summed E-state index contributed by atoms with van der Waals surface area (Å²) >= 11 is 0. The van der Waals surface area contributed by atoms with Crippen molar-refractivity contribution in [2.45, 2.75) is 6.54 Å². The fourth-order valence-corrected chi connectivity index (χ4v) is 2.57. The van der Waals surface area contributed by atoms with Crippen molar-refractivity contribution in [1.29, 1.82) is 0 Å². The molecule has 2 aromatic rings. The van der Waals surface area contributed by atoms with E-state index < -0.39 is 23.4 Å². The number of nitrogens with zero attached hydrogens (tertiary/aromatic N) is 1. The summed E-state index contributed by atoms with van der Waals surface area (Å²) in [4.78, 5) is 25.8. The molecule has 0 radical (unpaired) electrons. The SMILES string of the molecule is COc1ccccc1C1=C(O)C(=O)N(Cc2ccc(F)cc2)C1=O. The molecule has 0 aromatic heterocycles. The van der Waals surface area contributed by atoms with Gasteiger partial charge in [0.2, 0.25) is 0 Å². The zero-order valence-electron chi connectivity index (χ0n) is 12.8. The predicted molar refractivity (Wildman–Crippen MR) is 84.5 cm³/mol. The van der Waals surface area contributed by atoms with Gasteiger partial charge >= 0.3 is 0 Å². The number of rotatable bonds is 4. The molecular formula is C18H14FNO4. The van der Waals surface area contributed by atoms with E-state index in [9.17, 15) is 19.1 Å². The van der Waals surface area contributed by atoms with Crippen molar-refractivity contribution in [3.05, 3.63) is 71.2 Å². The number of carbonyl (C=O) groups excluding carboxylic acids is 2. The van der Waals surface area contributed by atoms with E-state index in [1.807, 2.05) is 0 Å². The maximum absolute atomic E-state index is 13.0. The number of imide groups is 1. The molecule has 0 fully saturated rings. The van der Waals surface area contributed by atoms with Crippen LogP contribution in [0, 0.1) is 5.82 Å². The summed E-state index contributed by atoms with van der Waals surface area (Å²) in [5.74, 6) is -2.06. The van der Waals surface area contributed by atoms with Crippen LogP contribution in [0.5, 0.6) is 5.75 Å². The maximum Gasteiger partial charge on any atom is 0.296 e. The molecule has 0 bridgehead atoms. The summed E-state index contributed by atoms with van der Waals surface area (Å²) < 4.78 is 18.2. The minimum absolute atomic E-state index is 0.0549. The van der Waals surface area contributed by atoms with Crippen LogP contribution in [0.3, 0.4) is 0 Å². The summed E-state index contributed by atoms with van der Waals surface area (Å²) in [5.41, 5.74) is 0.823. The van der Waals surface area contributed by atoms with Crippen LogP contribution in [-0.4, -0.2) is 28.9 Å². The molecule has 122 valence electrons. The second-order valence-electron chi connectivity index (χ2n) is 5.25. The topological polar surface area (TPSA) is 66.8 Å². The predicted octanol–water partition coefficient (Wildman–Crippen LogP) is 2.67. The molecule has 2 aromatic carbocycles. The molecule has 1 aliphatic heterocycles. The van der Waals surface area contributed by atoms with Crippen molar-refractivity contribution >= 4 is 17.4 Å². The maximum atomic E-state index is 13.0. The average molecular weight is 327 g/mol. The van der Waals surface area contributed by atoms with Gasteiger partial charge in [0.15, 0.2) is 5.76 Å². The van der Waals surface area contributed by atoms with E-state index in [0.717, 1.165) is 4.90 Å². The van der Waals surface area contributed by atoms with Gasteiger partial charge in [-0.05, 0) is 23.8 Å². The molecule has 0 aliphatic carbocycles. The summed E-state index contributed by atoms with van der Waals surface area (Å²) in [7, 11) is 1.44. The summed E-state index contributed by atoms with van der Waals surface area (Å²) in [5, 5.41) is 10.1. The highest BCUT2D eigenvalue weighted by Gasteiger charge is 2.40. The number of ether oxygens (including phenoxy) is 1. The lowest BCUT2D eigenvalue weighted by atomic mass is 10.0. The van der Waals surface area contributed by atoms with Crippen LogP contribution < -0.4 is 4.74 Å². The Morgan fingerprint density at radius 2 is 1.71 bits per heavy atom. The van der Waals surface area contributed by atoms with Gasteiger partial charge < -0.3 is 9.84 Å². The standard InChI is InChI=1S/C18H14FNO4/c1-24-14-5-3-2-4-13(14)15-16(21)18(23)20(17(15)22)10-11-6-8-12(19)9-7-11/h2-9,21H,10H2,1H3. The highest BCUT2D eigenvalue weighted by Crippen LogP contribution is 2.34. The van der Waals surface area contributed by atoms with Crippen LogP contribution in [0.2, 0.25) is 0 Å². The number of carbonyl (C=O) groups is 2. The van der Waals surface area contributed by atoms with Gasteiger partial charge in [0.1, 0.15) is 11.6 Å². The molecule has 0 saturated carbocycles. The van der Waals surface area contributed by atoms with E-state index in [1.54, 1.807) is 24.3 Å². The molecule has 0 spiro atoms. The third-order valence-electron chi connectivity index (χ3n) is 3.77. The lowest BCUT2D eigenvalue weighted by molar-refractivity contribution is -0.138.